The van der Waals surface area contributed by atoms with Crippen LogP contribution >= 0.6 is 0 Å². The number of carbonyl (C=O) groups is 1. The lowest BCUT2D eigenvalue weighted by Gasteiger charge is -2.30. The van der Waals surface area contributed by atoms with Crippen molar-refractivity contribution in [2.75, 3.05) is 36.9 Å². The molecule has 2 N–H and O–H groups in total. The summed E-state index contributed by atoms with van der Waals surface area (Å²) in [7, 11) is 1.83. The van der Waals surface area contributed by atoms with Crippen molar-refractivity contribution >= 4 is 17.4 Å². The van der Waals surface area contributed by atoms with Crippen molar-refractivity contribution in [3.05, 3.63) is 60.3 Å². The molecule has 1 aromatic heterocycles. The molecule has 0 bridgehead atoms. The van der Waals surface area contributed by atoms with E-state index in [1.807, 2.05) is 13.1 Å². The number of amides is 2. The zero-order valence-corrected chi connectivity index (χ0v) is 19.4. The summed E-state index contributed by atoms with van der Waals surface area (Å²) in [5.41, 5.74) is 1.99. The summed E-state index contributed by atoms with van der Waals surface area (Å²) >= 11 is 0. The Morgan fingerprint density at radius 3 is 2.62 bits per heavy atom. The molecule has 3 aromatic rings. The summed E-state index contributed by atoms with van der Waals surface area (Å²) in [6.45, 7) is 5.87. The first-order valence-electron chi connectivity index (χ1n) is 11.4. The van der Waals surface area contributed by atoms with E-state index in [2.05, 4.69) is 27.6 Å². The molecule has 2 amide bonds. The minimum absolute atomic E-state index is 0.113. The first-order valence-corrected chi connectivity index (χ1v) is 11.4. The second kappa shape index (κ2) is 10.6. The smallest absolute Gasteiger partial charge is 0.323 e. The lowest BCUT2D eigenvalue weighted by molar-refractivity contribution is 0.160. The standard InChI is InChI=1S/C25H29F2N5O2/c1-17-8-11-32(12-9-17)13-14-34-24-6-4-19(16-20(24)23-7-10-28-31(23)2)29-25(33)30-22-5-3-18(26)15-21(22)27/h3-7,10,15-17H,8-9,11-14H2,1-2H3,(H2,29,30,33). The van der Waals surface area contributed by atoms with Gasteiger partial charge in [-0.25, -0.2) is 13.6 Å². The van der Waals surface area contributed by atoms with E-state index in [0.29, 0.717) is 24.1 Å². The molecule has 7 nitrogen and oxygen atoms in total. The highest BCUT2D eigenvalue weighted by molar-refractivity contribution is 6.00. The Labute approximate surface area is 197 Å². The molecular formula is C25H29F2N5O2. The number of aryl methyl sites for hydroxylation is 1. The number of nitrogens with zero attached hydrogens (tertiary/aromatic N) is 3. The van der Waals surface area contributed by atoms with Gasteiger partial charge in [-0.15, -0.1) is 0 Å². The molecule has 0 spiro atoms. The largest absolute Gasteiger partial charge is 0.492 e. The fourth-order valence-electron chi connectivity index (χ4n) is 4.02. The van der Waals surface area contributed by atoms with E-state index in [-0.39, 0.29) is 5.69 Å². The van der Waals surface area contributed by atoms with E-state index in [9.17, 15) is 13.6 Å². The zero-order chi connectivity index (χ0) is 24.1. The average Bonchev–Trinajstić information content (AvgIpc) is 3.23. The third-order valence-corrected chi connectivity index (χ3v) is 6.05. The van der Waals surface area contributed by atoms with Gasteiger partial charge in [-0.1, -0.05) is 6.92 Å². The fourth-order valence-corrected chi connectivity index (χ4v) is 4.02. The third-order valence-electron chi connectivity index (χ3n) is 6.05. The van der Waals surface area contributed by atoms with Crippen LogP contribution < -0.4 is 15.4 Å². The Kier molecular flexibility index (Phi) is 7.42. The normalized spacial score (nSPS) is 14.7. The van der Waals surface area contributed by atoms with Gasteiger partial charge in [-0.3, -0.25) is 9.58 Å². The van der Waals surface area contributed by atoms with E-state index < -0.39 is 17.7 Å². The second-order valence-electron chi connectivity index (χ2n) is 8.63. The van der Waals surface area contributed by atoms with Gasteiger partial charge in [0, 0.05) is 37.1 Å². The topological polar surface area (TPSA) is 71.4 Å². The quantitative estimate of drug-likeness (QED) is 0.504. The number of piperidine rings is 1. The van der Waals surface area contributed by atoms with Gasteiger partial charge in [0.15, 0.2) is 0 Å². The zero-order valence-electron chi connectivity index (χ0n) is 19.4. The molecule has 1 fully saturated rings. The van der Waals surface area contributed by atoms with Crippen LogP contribution in [0.1, 0.15) is 19.8 Å². The fraction of sp³-hybridized carbons (Fsp3) is 0.360. The molecule has 2 heterocycles. The number of anilines is 2. The van der Waals surface area contributed by atoms with Gasteiger partial charge >= 0.3 is 6.03 Å². The molecule has 2 aromatic carbocycles. The van der Waals surface area contributed by atoms with E-state index in [4.69, 9.17) is 4.74 Å². The van der Waals surface area contributed by atoms with Gasteiger partial charge in [0.2, 0.25) is 0 Å². The number of nitrogens with one attached hydrogen (secondary N) is 2. The van der Waals surface area contributed by atoms with E-state index in [0.717, 1.165) is 42.9 Å². The summed E-state index contributed by atoms with van der Waals surface area (Å²) in [6.07, 6.45) is 4.12. The molecule has 9 heteroatoms. The van der Waals surface area contributed by atoms with Crippen molar-refractivity contribution < 1.29 is 18.3 Å². The van der Waals surface area contributed by atoms with Gasteiger partial charge in [0.25, 0.3) is 0 Å². The number of benzene rings is 2. The van der Waals surface area contributed by atoms with Crippen molar-refractivity contribution in [2.45, 2.75) is 19.8 Å². The summed E-state index contributed by atoms with van der Waals surface area (Å²) in [6, 6.07) is 9.50. The molecule has 0 aliphatic carbocycles. The summed E-state index contributed by atoms with van der Waals surface area (Å²) in [4.78, 5) is 14.8. The molecule has 1 aliphatic heterocycles. The number of ether oxygens (including phenoxy) is 1. The SMILES string of the molecule is CC1CCN(CCOc2ccc(NC(=O)Nc3ccc(F)cc3F)cc2-c2ccnn2C)CC1. The minimum atomic E-state index is -0.849. The molecule has 4 rings (SSSR count). The van der Waals surface area contributed by atoms with Gasteiger partial charge in [0.05, 0.1) is 11.4 Å². The predicted octanol–water partition coefficient (Wildman–Crippen LogP) is 5.12. The van der Waals surface area contributed by atoms with Gasteiger partial charge in [-0.2, -0.15) is 5.10 Å². The highest BCUT2D eigenvalue weighted by Gasteiger charge is 2.17. The Morgan fingerprint density at radius 1 is 1.12 bits per heavy atom. The Balaban J connectivity index is 1.45. The van der Waals surface area contributed by atoms with Crippen LogP contribution in [-0.4, -0.2) is 47.0 Å². The van der Waals surface area contributed by atoms with Crippen molar-refractivity contribution in [3.8, 4) is 17.0 Å². The van der Waals surface area contributed by atoms with Crippen LogP contribution in [0.25, 0.3) is 11.3 Å². The summed E-state index contributed by atoms with van der Waals surface area (Å²) in [5.74, 6) is -0.0951. The van der Waals surface area contributed by atoms with Crippen LogP contribution in [0.15, 0.2) is 48.7 Å². The van der Waals surface area contributed by atoms with Crippen molar-refractivity contribution in [3.63, 3.8) is 0 Å². The van der Waals surface area contributed by atoms with E-state index >= 15 is 0 Å². The first-order chi connectivity index (χ1) is 16.4. The van der Waals surface area contributed by atoms with Gasteiger partial charge in [-0.05, 0) is 68.2 Å². The number of rotatable bonds is 7. The van der Waals surface area contributed by atoms with Crippen LogP contribution in [0.3, 0.4) is 0 Å². The predicted molar refractivity (Wildman–Crippen MR) is 128 cm³/mol. The lowest BCUT2D eigenvalue weighted by atomic mass is 9.99. The van der Waals surface area contributed by atoms with Crippen LogP contribution in [0.4, 0.5) is 25.0 Å². The molecule has 1 aliphatic rings. The van der Waals surface area contributed by atoms with Gasteiger partial charge < -0.3 is 15.4 Å². The monoisotopic (exact) mass is 469 g/mol. The van der Waals surface area contributed by atoms with Crippen molar-refractivity contribution in [2.24, 2.45) is 13.0 Å². The number of aromatic nitrogens is 2. The second-order valence-corrected chi connectivity index (χ2v) is 8.63. The number of likely N-dealkylation sites (tertiary alicyclic amines) is 1. The molecule has 180 valence electrons. The van der Waals surface area contributed by atoms with Crippen LogP contribution in [0, 0.1) is 17.6 Å². The number of halogens is 2. The highest BCUT2D eigenvalue weighted by atomic mass is 19.1. The summed E-state index contributed by atoms with van der Waals surface area (Å²) in [5, 5.41) is 9.32. The average molecular weight is 470 g/mol. The van der Waals surface area contributed by atoms with Crippen molar-refractivity contribution in [1.29, 1.82) is 0 Å². The Hall–Kier alpha value is -3.46. The molecule has 1 saturated heterocycles. The molecule has 0 saturated carbocycles. The van der Waals surface area contributed by atoms with E-state index in [1.54, 1.807) is 29.1 Å². The maximum absolute atomic E-state index is 13.9. The Bertz CT molecular complexity index is 1140. The number of urea groups is 1. The van der Waals surface area contributed by atoms with Gasteiger partial charge in [0.1, 0.15) is 24.0 Å². The summed E-state index contributed by atoms with van der Waals surface area (Å²) < 4.78 is 34.8. The molecule has 34 heavy (non-hydrogen) atoms. The number of hydrogen-bond donors (Lipinski definition) is 2. The molecule has 0 unspecified atom stereocenters. The highest BCUT2D eigenvalue weighted by Crippen LogP contribution is 2.32. The minimum Gasteiger partial charge on any atom is -0.492 e. The maximum Gasteiger partial charge on any atom is 0.323 e. The molecule has 0 atom stereocenters. The molecule has 0 radical (unpaired) electrons. The number of hydrogen-bond acceptors (Lipinski definition) is 4. The van der Waals surface area contributed by atoms with Crippen LogP contribution in [0.5, 0.6) is 5.75 Å². The maximum atomic E-state index is 13.9. The van der Waals surface area contributed by atoms with Crippen LogP contribution in [0.2, 0.25) is 0 Å². The van der Waals surface area contributed by atoms with Crippen LogP contribution in [-0.2, 0) is 7.05 Å². The lowest BCUT2D eigenvalue weighted by Crippen LogP contribution is -2.35. The number of carbonyl (C=O) groups excluding carboxylic acids is 1. The Morgan fingerprint density at radius 2 is 1.91 bits per heavy atom. The van der Waals surface area contributed by atoms with Crippen molar-refractivity contribution in [1.82, 2.24) is 14.7 Å². The third kappa shape index (κ3) is 5.91. The van der Waals surface area contributed by atoms with E-state index in [1.165, 1.54) is 18.9 Å². The molecular weight excluding hydrogens is 440 g/mol. The first kappa shape index (κ1) is 23.7.